The molecule has 1 saturated heterocycles. The fourth-order valence-electron chi connectivity index (χ4n) is 2.38. The Balaban J connectivity index is 2.23. The molecule has 2 N–H and O–H groups in total. The molecule has 3 atom stereocenters. The molecule has 0 saturated carbocycles. The van der Waals surface area contributed by atoms with Crippen LogP contribution >= 0.6 is 0 Å². The highest BCUT2D eigenvalue weighted by Gasteiger charge is 2.38. The minimum absolute atomic E-state index is 0.0170. The molecule has 0 aromatic heterocycles. The summed E-state index contributed by atoms with van der Waals surface area (Å²) in [6.07, 6.45) is 0.265. The number of benzene rings is 1. The number of aliphatic hydroxyl groups excluding tert-OH is 2. The molecule has 0 amide bonds. The largest absolute Gasteiger partial charge is 0.395 e. The summed E-state index contributed by atoms with van der Waals surface area (Å²) >= 11 is 0. The third-order valence-corrected chi connectivity index (χ3v) is 3.24. The van der Waals surface area contributed by atoms with Gasteiger partial charge in [-0.25, -0.2) is 0 Å². The molecule has 1 aliphatic rings. The van der Waals surface area contributed by atoms with Crippen LogP contribution in [-0.2, 0) is 0 Å². The second-order valence-electron chi connectivity index (χ2n) is 4.16. The van der Waals surface area contributed by atoms with E-state index in [0.717, 1.165) is 5.56 Å². The highest BCUT2D eigenvalue weighted by molar-refractivity contribution is 5.22. The van der Waals surface area contributed by atoms with Crippen molar-refractivity contribution in [1.29, 1.82) is 0 Å². The number of hydrogen-bond acceptors (Lipinski definition) is 3. The van der Waals surface area contributed by atoms with Crippen LogP contribution in [0.3, 0.4) is 0 Å². The number of likely N-dealkylation sites (tertiary alicyclic amines) is 1. The third-order valence-electron chi connectivity index (χ3n) is 3.24. The summed E-state index contributed by atoms with van der Waals surface area (Å²) in [6.45, 7) is 0.108. The fourth-order valence-corrected chi connectivity index (χ4v) is 2.38. The molecule has 3 nitrogen and oxygen atoms in total. The Morgan fingerprint density at radius 3 is 2.53 bits per heavy atom. The maximum absolute atomic E-state index is 9.96. The Bertz CT molecular complexity index is 315. The molecule has 82 valence electrons. The summed E-state index contributed by atoms with van der Waals surface area (Å²) in [5.41, 5.74) is 1.11. The molecule has 0 unspecified atom stereocenters. The van der Waals surface area contributed by atoms with E-state index in [4.69, 9.17) is 5.11 Å². The van der Waals surface area contributed by atoms with Gasteiger partial charge in [0.1, 0.15) is 0 Å². The standard InChI is InChI=1S/C12H17NO2/c1-13-10(8-14)7-11(15)12(13)9-5-3-2-4-6-9/h2-6,10-12,14-15H,7-8H2,1H3/t10-,11-,12-/m1/s1. The zero-order valence-corrected chi connectivity index (χ0v) is 8.87. The van der Waals surface area contributed by atoms with Crippen molar-refractivity contribution >= 4 is 0 Å². The van der Waals surface area contributed by atoms with E-state index in [2.05, 4.69) is 4.90 Å². The van der Waals surface area contributed by atoms with E-state index >= 15 is 0 Å². The minimum atomic E-state index is -0.380. The van der Waals surface area contributed by atoms with Gasteiger partial charge >= 0.3 is 0 Å². The van der Waals surface area contributed by atoms with E-state index in [1.807, 2.05) is 37.4 Å². The van der Waals surface area contributed by atoms with Gasteiger partial charge in [0.05, 0.1) is 18.8 Å². The van der Waals surface area contributed by atoms with E-state index in [9.17, 15) is 5.11 Å². The maximum Gasteiger partial charge on any atom is 0.0752 e. The average molecular weight is 207 g/mol. The van der Waals surface area contributed by atoms with E-state index < -0.39 is 0 Å². The second-order valence-corrected chi connectivity index (χ2v) is 4.16. The molecule has 1 heterocycles. The number of nitrogens with zero attached hydrogens (tertiary/aromatic N) is 1. The predicted octanol–water partition coefficient (Wildman–Crippen LogP) is 0.785. The van der Waals surface area contributed by atoms with Crippen molar-refractivity contribution in [1.82, 2.24) is 4.90 Å². The fraction of sp³-hybridized carbons (Fsp3) is 0.500. The van der Waals surface area contributed by atoms with E-state index in [1.54, 1.807) is 0 Å². The van der Waals surface area contributed by atoms with Crippen LogP contribution in [0.2, 0.25) is 0 Å². The molecule has 0 aliphatic carbocycles. The zero-order chi connectivity index (χ0) is 10.8. The molecule has 1 aromatic carbocycles. The van der Waals surface area contributed by atoms with Crippen LogP contribution in [0.15, 0.2) is 30.3 Å². The first-order valence-corrected chi connectivity index (χ1v) is 5.30. The first-order valence-electron chi connectivity index (χ1n) is 5.30. The quantitative estimate of drug-likeness (QED) is 0.753. The van der Waals surface area contributed by atoms with E-state index in [-0.39, 0.29) is 24.8 Å². The predicted molar refractivity (Wildman–Crippen MR) is 58.4 cm³/mol. The monoisotopic (exact) mass is 207 g/mol. The second kappa shape index (κ2) is 4.31. The van der Waals surface area contributed by atoms with Gasteiger partial charge in [0.15, 0.2) is 0 Å². The molecule has 1 aromatic rings. The van der Waals surface area contributed by atoms with Crippen molar-refractivity contribution in [2.75, 3.05) is 13.7 Å². The van der Waals surface area contributed by atoms with Gasteiger partial charge in [-0.3, -0.25) is 4.90 Å². The third kappa shape index (κ3) is 1.91. The summed E-state index contributed by atoms with van der Waals surface area (Å²) in [7, 11) is 1.95. The van der Waals surface area contributed by atoms with Crippen molar-refractivity contribution in [3.63, 3.8) is 0 Å². The molecular formula is C12H17NO2. The summed E-state index contributed by atoms with van der Waals surface area (Å²) in [6, 6.07) is 10.0. The first kappa shape index (κ1) is 10.6. The Morgan fingerprint density at radius 1 is 1.33 bits per heavy atom. The molecule has 1 aliphatic heterocycles. The molecule has 0 bridgehead atoms. The summed E-state index contributed by atoms with van der Waals surface area (Å²) < 4.78 is 0. The number of aliphatic hydroxyl groups is 2. The van der Waals surface area contributed by atoms with Crippen molar-refractivity contribution in [2.24, 2.45) is 0 Å². The lowest BCUT2D eigenvalue weighted by Crippen LogP contribution is -2.31. The Hall–Kier alpha value is -0.900. The lowest BCUT2D eigenvalue weighted by molar-refractivity contribution is 0.117. The average Bonchev–Trinajstić information content (AvgIpc) is 2.55. The highest BCUT2D eigenvalue weighted by Crippen LogP contribution is 2.34. The van der Waals surface area contributed by atoms with Gasteiger partial charge in [0.25, 0.3) is 0 Å². The van der Waals surface area contributed by atoms with Gasteiger partial charge in [-0.2, -0.15) is 0 Å². The lowest BCUT2D eigenvalue weighted by atomic mass is 10.0. The molecule has 0 radical (unpaired) electrons. The normalized spacial score (nSPS) is 32.1. The number of rotatable bonds is 2. The molecule has 2 rings (SSSR count). The molecule has 3 heteroatoms. The first-order chi connectivity index (χ1) is 7.24. The van der Waals surface area contributed by atoms with Crippen molar-refractivity contribution in [2.45, 2.75) is 24.6 Å². The Labute approximate surface area is 90.0 Å². The SMILES string of the molecule is CN1[C@@H](CO)C[C@@H](O)[C@H]1c1ccccc1. The van der Waals surface area contributed by atoms with Gasteiger partial charge in [-0.05, 0) is 19.0 Å². The Morgan fingerprint density at radius 2 is 2.00 bits per heavy atom. The van der Waals surface area contributed by atoms with E-state index in [0.29, 0.717) is 6.42 Å². The van der Waals surface area contributed by atoms with Crippen molar-refractivity contribution in [3.8, 4) is 0 Å². The lowest BCUT2D eigenvalue weighted by Gasteiger charge is -2.25. The van der Waals surface area contributed by atoms with Crippen molar-refractivity contribution in [3.05, 3.63) is 35.9 Å². The van der Waals surface area contributed by atoms with E-state index in [1.165, 1.54) is 0 Å². The van der Waals surface area contributed by atoms with Gasteiger partial charge in [-0.1, -0.05) is 30.3 Å². The van der Waals surface area contributed by atoms with Crippen LogP contribution in [0, 0.1) is 0 Å². The van der Waals surface area contributed by atoms with Gasteiger partial charge < -0.3 is 10.2 Å². The summed E-state index contributed by atoms with van der Waals surface area (Å²) in [5.74, 6) is 0. The van der Waals surface area contributed by atoms with Crippen LogP contribution in [0.5, 0.6) is 0 Å². The van der Waals surface area contributed by atoms with Gasteiger partial charge in [0.2, 0.25) is 0 Å². The van der Waals surface area contributed by atoms with Crippen LogP contribution in [0.25, 0.3) is 0 Å². The maximum atomic E-state index is 9.96. The van der Waals surface area contributed by atoms with Crippen molar-refractivity contribution < 1.29 is 10.2 Å². The van der Waals surface area contributed by atoms with Crippen LogP contribution < -0.4 is 0 Å². The minimum Gasteiger partial charge on any atom is -0.395 e. The van der Waals surface area contributed by atoms with Crippen LogP contribution in [-0.4, -0.2) is 40.9 Å². The molecule has 0 spiro atoms. The number of hydrogen-bond donors (Lipinski definition) is 2. The summed E-state index contributed by atoms with van der Waals surface area (Å²) in [4.78, 5) is 2.06. The topological polar surface area (TPSA) is 43.7 Å². The summed E-state index contributed by atoms with van der Waals surface area (Å²) in [5, 5.41) is 19.1. The zero-order valence-electron chi connectivity index (χ0n) is 8.87. The van der Waals surface area contributed by atoms with Crippen LogP contribution in [0.1, 0.15) is 18.0 Å². The molecule has 1 fully saturated rings. The highest BCUT2D eigenvalue weighted by atomic mass is 16.3. The van der Waals surface area contributed by atoms with Gasteiger partial charge in [0, 0.05) is 6.04 Å². The Kier molecular flexibility index (Phi) is 3.05. The number of likely N-dealkylation sites (N-methyl/N-ethyl adjacent to an activating group) is 1. The van der Waals surface area contributed by atoms with Gasteiger partial charge in [-0.15, -0.1) is 0 Å². The van der Waals surface area contributed by atoms with Crippen LogP contribution in [0.4, 0.5) is 0 Å². The smallest absolute Gasteiger partial charge is 0.0752 e. The molecular weight excluding hydrogens is 190 g/mol. The molecule has 15 heavy (non-hydrogen) atoms.